The Balaban J connectivity index is 1.85. The highest BCUT2D eigenvalue weighted by molar-refractivity contribution is 7.18. The van der Waals surface area contributed by atoms with Crippen LogP contribution in [0.5, 0.6) is 0 Å². The second kappa shape index (κ2) is 8.77. The number of hydrogen-bond acceptors (Lipinski definition) is 4. The minimum Gasteiger partial charge on any atom is -0.481 e. The number of carbonyl (C=O) groups is 1. The van der Waals surface area contributed by atoms with Gasteiger partial charge in [-0.3, -0.25) is 4.79 Å². The molecular weight excluding hydrogens is 508 g/mol. The van der Waals surface area contributed by atoms with Crippen molar-refractivity contribution in [2.75, 3.05) is 0 Å². The summed E-state index contributed by atoms with van der Waals surface area (Å²) in [6.45, 7) is 3.08. The van der Waals surface area contributed by atoms with Gasteiger partial charge in [-0.05, 0) is 61.4 Å². The van der Waals surface area contributed by atoms with E-state index in [9.17, 15) is 36.2 Å². The molecule has 36 heavy (non-hydrogen) atoms. The first-order chi connectivity index (χ1) is 16.7. The fourth-order valence-corrected chi connectivity index (χ4v) is 4.46. The predicted octanol–water partition coefficient (Wildman–Crippen LogP) is 7.06. The van der Waals surface area contributed by atoms with Gasteiger partial charge in [-0.15, -0.1) is 11.3 Å². The quantitative estimate of drug-likeness (QED) is 0.283. The van der Waals surface area contributed by atoms with E-state index in [4.69, 9.17) is 0 Å². The van der Waals surface area contributed by atoms with Gasteiger partial charge in [0.15, 0.2) is 11.5 Å². The number of carboxylic acids is 1. The lowest BCUT2D eigenvalue weighted by Crippen LogP contribution is -2.28. The first kappa shape index (κ1) is 25.4. The monoisotopic (exact) mass is 525 g/mol. The first-order valence-electron chi connectivity index (χ1n) is 10.3. The molecule has 4 aromatic rings. The molecule has 0 spiro atoms. The van der Waals surface area contributed by atoms with Crippen molar-refractivity contribution >= 4 is 17.3 Å². The number of pyridine rings is 1. The van der Waals surface area contributed by atoms with Crippen LogP contribution in [0.4, 0.5) is 26.3 Å². The molecule has 0 unspecified atom stereocenters. The lowest BCUT2D eigenvalue weighted by Gasteiger charge is -2.20. The minimum atomic E-state index is -4.90. The van der Waals surface area contributed by atoms with Crippen LogP contribution in [0, 0.1) is 0 Å². The molecule has 0 aliphatic carbocycles. The molecule has 0 saturated heterocycles. The maximum absolute atomic E-state index is 13.6. The summed E-state index contributed by atoms with van der Waals surface area (Å²) in [5.74, 6) is -1.82. The highest BCUT2D eigenvalue weighted by Crippen LogP contribution is 2.41. The van der Waals surface area contributed by atoms with Crippen molar-refractivity contribution in [3.63, 3.8) is 0 Å². The predicted molar refractivity (Wildman–Crippen MR) is 121 cm³/mol. The Kier molecular flexibility index (Phi) is 6.19. The number of nitrogens with zero attached hydrogens (tertiary/aromatic N) is 3. The summed E-state index contributed by atoms with van der Waals surface area (Å²) in [5, 5.41) is 12.9. The van der Waals surface area contributed by atoms with Crippen LogP contribution in [0.3, 0.4) is 0 Å². The SMILES string of the molecule is CC(C)(C(=O)O)c1cccc(-c2ccc(-c3cc(C(F)(F)F)nn3-c3ncccc3C(F)(F)F)s2)c1. The van der Waals surface area contributed by atoms with Crippen LogP contribution in [0.1, 0.15) is 30.7 Å². The van der Waals surface area contributed by atoms with Crippen LogP contribution >= 0.6 is 11.3 Å². The summed E-state index contributed by atoms with van der Waals surface area (Å²) in [6.07, 6.45) is -8.73. The molecule has 1 aromatic carbocycles. The zero-order valence-electron chi connectivity index (χ0n) is 18.6. The third-order valence-corrected chi connectivity index (χ3v) is 6.71. The summed E-state index contributed by atoms with van der Waals surface area (Å²) in [5.41, 5.74) is -2.89. The molecule has 0 aliphatic rings. The second-order valence-corrected chi connectivity index (χ2v) is 9.46. The van der Waals surface area contributed by atoms with Crippen molar-refractivity contribution in [3.8, 4) is 26.8 Å². The van der Waals surface area contributed by atoms with Gasteiger partial charge in [-0.2, -0.15) is 31.4 Å². The first-order valence-corrected chi connectivity index (χ1v) is 11.2. The standard InChI is InChI=1S/C24H17F6N3O2S/c1-22(2,21(34)35)14-6-3-5-13(11-14)17-8-9-18(36-17)16-12-19(24(28,29)30)32-33(16)20-15(23(25,26)27)7-4-10-31-20/h3-12H,1-2H3,(H,34,35). The van der Waals surface area contributed by atoms with Gasteiger partial charge in [0.25, 0.3) is 0 Å². The molecule has 0 fully saturated rings. The highest BCUT2D eigenvalue weighted by Gasteiger charge is 2.39. The number of aliphatic carboxylic acids is 1. The van der Waals surface area contributed by atoms with Crippen LogP contribution in [0.2, 0.25) is 0 Å². The molecule has 1 N–H and O–H groups in total. The molecular formula is C24H17F6N3O2S. The van der Waals surface area contributed by atoms with Crippen molar-refractivity contribution in [2.24, 2.45) is 0 Å². The molecule has 5 nitrogen and oxygen atoms in total. The Labute approximate surface area is 204 Å². The van der Waals surface area contributed by atoms with Gasteiger partial charge >= 0.3 is 18.3 Å². The van der Waals surface area contributed by atoms with Gasteiger partial charge in [0.05, 0.1) is 16.0 Å². The third kappa shape index (κ3) is 4.72. The molecule has 188 valence electrons. The second-order valence-electron chi connectivity index (χ2n) is 8.37. The summed E-state index contributed by atoms with van der Waals surface area (Å²) >= 11 is 1.03. The molecule has 12 heteroatoms. The van der Waals surface area contributed by atoms with Gasteiger partial charge in [0, 0.05) is 11.1 Å². The number of carboxylic acid groups (broad SMARTS) is 1. The zero-order chi connectivity index (χ0) is 26.5. The van der Waals surface area contributed by atoms with Gasteiger partial charge in [-0.25, -0.2) is 9.67 Å². The van der Waals surface area contributed by atoms with E-state index in [2.05, 4.69) is 10.1 Å². The zero-order valence-corrected chi connectivity index (χ0v) is 19.5. The number of thiophene rings is 1. The molecule has 3 heterocycles. The van der Waals surface area contributed by atoms with Gasteiger partial charge in [-0.1, -0.05) is 18.2 Å². The molecule has 4 rings (SSSR count). The summed E-state index contributed by atoms with van der Waals surface area (Å²) in [4.78, 5) is 16.1. The molecule has 0 bridgehead atoms. The van der Waals surface area contributed by atoms with E-state index >= 15 is 0 Å². The van der Waals surface area contributed by atoms with Crippen molar-refractivity contribution in [1.82, 2.24) is 14.8 Å². The Bertz CT molecular complexity index is 1440. The van der Waals surface area contributed by atoms with E-state index in [-0.39, 0.29) is 10.6 Å². The van der Waals surface area contributed by atoms with E-state index in [0.717, 1.165) is 29.7 Å². The largest absolute Gasteiger partial charge is 0.481 e. The molecule has 0 aliphatic heterocycles. The number of aromatic nitrogens is 3. The van der Waals surface area contributed by atoms with E-state index in [1.807, 2.05) is 0 Å². The van der Waals surface area contributed by atoms with Crippen LogP contribution in [-0.4, -0.2) is 25.8 Å². The number of benzene rings is 1. The molecule has 0 saturated carbocycles. The Hall–Kier alpha value is -3.67. The molecule has 0 atom stereocenters. The average Bonchev–Trinajstić information content (AvgIpc) is 3.46. The van der Waals surface area contributed by atoms with Crippen molar-refractivity contribution in [1.29, 1.82) is 0 Å². The lowest BCUT2D eigenvalue weighted by atomic mass is 9.84. The Morgan fingerprint density at radius 3 is 2.25 bits per heavy atom. The smallest absolute Gasteiger partial charge is 0.435 e. The van der Waals surface area contributed by atoms with E-state index in [1.54, 1.807) is 30.3 Å². The maximum Gasteiger partial charge on any atom is 0.435 e. The van der Waals surface area contributed by atoms with E-state index < -0.39 is 40.8 Å². The summed E-state index contributed by atoms with van der Waals surface area (Å²) in [7, 11) is 0. The maximum atomic E-state index is 13.6. The fourth-order valence-electron chi connectivity index (χ4n) is 3.46. The average molecular weight is 525 g/mol. The van der Waals surface area contributed by atoms with Gasteiger partial charge in [0.2, 0.25) is 0 Å². The molecule has 3 aromatic heterocycles. The van der Waals surface area contributed by atoms with Gasteiger partial charge in [0.1, 0.15) is 5.56 Å². The Morgan fingerprint density at radius 1 is 0.917 bits per heavy atom. The van der Waals surface area contributed by atoms with Crippen molar-refractivity contribution < 1.29 is 36.2 Å². The Morgan fingerprint density at radius 2 is 1.61 bits per heavy atom. The van der Waals surface area contributed by atoms with Crippen LogP contribution in [0.25, 0.3) is 26.8 Å². The topological polar surface area (TPSA) is 68.0 Å². The number of hydrogen-bond donors (Lipinski definition) is 1. The van der Waals surface area contributed by atoms with Crippen LogP contribution in [0.15, 0.2) is 60.8 Å². The lowest BCUT2D eigenvalue weighted by molar-refractivity contribution is -0.143. The summed E-state index contributed by atoms with van der Waals surface area (Å²) < 4.78 is 81.7. The van der Waals surface area contributed by atoms with Crippen molar-refractivity contribution in [3.05, 3.63) is 77.6 Å². The van der Waals surface area contributed by atoms with E-state index in [1.165, 1.54) is 19.9 Å². The van der Waals surface area contributed by atoms with Crippen molar-refractivity contribution in [2.45, 2.75) is 31.6 Å². The van der Waals surface area contributed by atoms with Crippen LogP contribution in [-0.2, 0) is 22.6 Å². The highest BCUT2D eigenvalue weighted by atomic mass is 32.1. The number of halogens is 6. The van der Waals surface area contributed by atoms with Gasteiger partial charge < -0.3 is 5.11 Å². The minimum absolute atomic E-state index is 0.217. The van der Waals surface area contributed by atoms with E-state index in [0.29, 0.717) is 26.8 Å². The summed E-state index contributed by atoms with van der Waals surface area (Å²) in [6, 6.07) is 12.2. The number of rotatable bonds is 5. The number of alkyl halides is 6. The molecule has 0 amide bonds. The normalized spacial score (nSPS) is 12.7. The fraction of sp³-hybridized carbons (Fsp3) is 0.208. The molecule has 0 radical (unpaired) electrons. The third-order valence-electron chi connectivity index (χ3n) is 5.55. The van der Waals surface area contributed by atoms with Crippen LogP contribution < -0.4 is 0 Å².